The van der Waals surface area contributed by atoms with Gasteiger partial charge in [0, 0.05) is 35.3 Å². The highest BCUT2D eigenvalue weighted by Crippen LogP contribution is 2.45. The maximum atomic E-state index is 13.8. The van der Waals surface area contributed by atoms with E-state index in [1.165, 1.54) is 0 Å². The number of hydrogen-bond donors (Lipinski definition) is 2. The van der Waals surface area contributed by atoms with Crippen molar-refractivity contribution < 1.29 is 28.7 Å². The zero-order valence-electron chi connectivity index (χ0n) is 32.9. The van der Waals surface area contributed by atoms with E-state index in [-0.39, 0.29) is 59.6 Å². The SMILES string of the molecule is C#CC(=O)N1[C@@H](c2ccc(C(=O)NC3CC3C[C@H]3Cc4cc(OC)ccc4[C@H](c4ccc(C(=O)NC5CC5)cc4)N3C(=O)CCl)cc2)c2ccc(OC)cc2C[C@@H]1C. The number of hydrogen-bond acceptors (Lipinski definition) is 6. The second-order valence-electron chi connectivity index (χ2n) is 15.9. The molecule has 4 amide bonds. The fourth-order valence-corrected chi connectivity index (χ4v) is 9.08. The first-order valence-corrected chi connectivity index (χ1v) is 20.4. The first-order valence-electron chi connectivity index (χ1n) is 19.9. The molecule has 2 unspecified atom stereocenters. The van der Waals surface area contributed by atoms with E-state index < -0.39 is 12.1 Å². The zero-order valence-corrected chi connectivity index (χ0v) is 33.6. The summed E-state index contributed by atoms with van der Waals surface area (Å²) in [6.07, 6.45) is 10.3. The van der Waals surface area contributed by atoms with Gasteiger partial charge in [-0.3, -0.25) is 19.2 Å². The van der Waals surface area contributed by atoms with Crippen molar-refractivity contribution in [1.82, 2.24) is 20.4 Å². The molecule has 0 spiro atoms. The molecule has 2 N–H and O–H groups in total. The Morgan fingerprint density at radius 1 is 0.759 bits per heavy atom. The number of fused-ring (bicyclic) bond motifs is 2. The third-order valence-electron chi connectivity index (χ3n) is 12.1. The summed E-state index contributed by atoms with van der Waals surface area (Å²) < 4.78 is 11.1. The van der Waals surface area contributed by atoms with E-state index in [2.05, 4.69) is 16.6 Å². The molecule has 2 aliphatic carbocycles. The highest BCUT2D eigenvalue weighted by Gasteiger charge is 2.45. The van der Waals surface area contributed by atoms with E-state index in [0.29, 0.717) is 30.4 Å². The average Bonchev–Trinajstić information content (AvgIpc) is 4.20. The fraction of sp³-hybridized carbons (Fsp3) is 0.362. The number of carbonyl (C=O) groups is 4. The van der Waals surface area contributed by atoms with Gasteiger partial charge in [-0.05, 0) is 139 Å². The highest BCUT2D eigenvalue weighted by molar-refractivity contribution is 6.27. The van der Waals surface area contributed by atoms with Gasteiger partial charge in [0.15, 0.2) is 0 Å². The summed E-state index contributed by atoms with van der Waals surface area (Å²) >= 11 is 6.30. The third kappa shape index (κ3) is 7.76. The number of methoxy groups -OCH3 is 2. The lowest BCUT2D eigenvalue weighted by molar-refractivity contribution is -0.133. The van der Waals surface area contributed by atoms with E-state index >= 15 is 0 Å². The topological polar surface area (TPSA) is 117 Å². The van der Waals surface area contributed by atoms with Gasteiger partial charge in [0.2, 0.25) is 5.91 Å². The molecule has 4 aromatic rings. The Hall–Kier alpha value is -5.79. The van der Waals surface area contributed by atoms with Crippen LogP contribution in [0.2, 0.25) is 0 Å². The van der Waals surface area contributed by atoms with Crippen LogP contribution in [0.5, 0.6) is 11.5 Å². The van der Waals surface area contributed by atoms with Gasteiger partial charge in [0.1, 0.15) is 17.4 Å². The maximum absolute atomic E-state index is 13.8. The smallest absolute Gasteiger partial charge is 0.299 e. The van der Waals surface area contributed by atoms with Crippen LogP contribution in [0.1, 0.15) is 98.8 Å². The predicted molar refractivity (Wildman–Crippen MR) is 221 cm³/mol. The van der Waals surface area contributed by atoms with Gasteiger partial charge in [0.25, 0.3) is 17.7 Å². The maximum Gasteiger partial charge on any atom is 0.299 e. The lowest BCUT2D eigenvalue weighted by Gasteiger charge is -2.44. The van der Waals surface area contributed by atoms with Crippen molar-refractivity contribution in [2.45, 2.75) is 81.7 Å². The van der Waals surface area contributed by atoms with Crippen molar-refractivity contribution in [3.8, 4) is 23.8 Å². The molecule has 2 heterocycles. The average molecular weight is 799 g/mol. The Balaban J connectivity index is 0.991. The minimum absolute atomic E-state index is 0.0562. The summed E-state index contributed by atoms with van der Waals surface area (Å²) in [5.41, 5.74) is 6.97. The van der Waals surface area contributed by atoms with Crippen molar-refractivity contribution in [2.24, 2.45) is 5.92 Å². The number of nitrogens with zero attached hydrogens (tertiary/aromatic N) is 2. The highest BCUT2D eigenvalue weighted by atomic mass is 35.5. The normalized spacial score (nSPS) is 23.1. The third-order valence-corrected chi connectivity index (χ3v) is 12.4. The number of terminal acetylenes is 1. The quantitative estimate of drug-likeness (QED) is 0.134. The Kier molecular flexibility index (Phi) is 10.9. The molecule has 4 aliphatic rings. The summed E-state index contributed by atoms with van der Waals surface area (Å²) in [7, 11) is 3.27. The molecule has 0 aromatic heterocycles. The minimum atomic E-state index is -0.412. The molecule has 0 radical (unpaired) electrons. The molecule has 0 bridgehead atoms. The molecular weight excluding hydrogens is 752 g/mol. The molecule has 4 aromatic carbocycles. The number of rotatable bonds is 11. The molecular formula is C47H47ClN4O6. The van der Waals surface area contributed by atoms with Crippen LogP contribution in [-0.4, -0.2) is 77.7 Å². The van der Waals surface area contributed by atoms with E-state index in [0.717, 1.165) is 64.1 Å². The van der Waals surface area contributed by atoms with E-state index in [1.54, 1.807) is 31.3 Å². The molecule has 2 fully saturated rings. The monoisotopic (exact) mass is 798 g/mol. The van der Waals surface area contributed by atoms with Gasteiger partial charge >= 0.3 is 0 Å². The Labute approximate surface area is 344 Å². The summed E-state index contributed by atoms with van der Waals surface area (Å²) in [6.45, 7) is 1.99. The minimum Gasteiger partial charge on any atom is -0.497 e. The summed E-state index contributed by atoms with van der Waals surface area (Å²) in [6, 6.07) is 25.7. The predicted octanol–water partition coefficient (Wildman–Crippen LogP) is 6.38. The van der Waals surface area contributed by atoms with Gasteiger partial charge < -0.3 is 29.9 Å². The van der Waals surface area contributed by atoms with Crippen LogP contribution in [0.15, 0.2) is 84.9 Å². The van der Waals surface area contributed by atoms with E-state index in [4.69, 9.17) is 27.5 Å². The fourth-order valence-electron chi connectivity index (χ4n) is 8.94. The van der Waals surface area contributed by atoms with Crippen LogP contribution < -0.4 is 20.1 Å². The largest absolute Gasteiger partial charge is 0.497 e. The molecule has 10 nitrogen and oxygen atoms in total. The van der Waals surface area contributed by atoms with Crippen LogP contribution in [-0.2, 0) is 22.4 Å². The van der Waals surface area contributed by atoms with Gasteiger partial charge in [-0.1, -0.05) is 36.4 Å². The standard InChI is InChI=1S/C47H47ClN4O6/c1-5-42(53)51-27(2)20-32-23-37(57-3)16-18-39(32)44(51)28-6-12-31(13-7-28)47(56)50-41-25-34(41)22-36-21-33-24-38(58-4)17-19-40(33)45(52(36)43(54)26-48)29-8-10-30(11-9-29)46(55)49-35-14-15-35/h1,6-13,16-19,23-24,27,34-36,41,44-45H,14-15,20-22,25-26H2,2-4H3,(H,49,55)(H,50,56)/t27-,34?,36+,41?,44-,45-/m0/s1. The molecule has 0 saturated heterocycles. The van der Waals surface area contributed by atoms with Gasteiger partial charge in [0.05, 0.1) is 26.3 Å². The Morgan fingerprint density at radius 2 is 1.29 bits per heavy atom. The van der Waals surface area contributed by atoms with Gasteiger partial charge in [-0.25, -0.2) is 0 Å². The first-order chi connectivity index (χ1) is 28.1. The lowest BCUT2D eigenvalue weighted by atomic mass is 9.82. The Bertz CT molecular complexity index is 2280. The van der Waals surface area contributed by atoms with E-state index in [9.17, 15) is 19.2 Å². The summed E-state index contributed by atoms with van der Waals surface area (Å²) in [5, 5.41) is 6.26. The van der Waals surface area contributed by atoms with Crippen LogP contribution in [0, 0.1) is 18.3 Å². The molecule has 11 heteroatoms. The van der Waals surface area contributed by atoms with Crippen molar-refractivity contribution in [3.63, 3.8) is 0 Å². The number of halogens is 1. The number of amides is 4. The number of carbonyl (C=O) groups excluding carboxylic acids is 4. The van der Waals surface area contributed by atoms with E-state index in [1.807, 2.05) is 84.6 Å². The molecule has 2 aliphatic heterocycles. The van der Waals surface area contributed by atoms with Gasteiger partial charge in [-0.15, -0.1) is 18.0 Å². The van der Waals surface area contributed by atoms with Crippen LogP contribution >= 0.6 is 11.6 Å². The molecule has 8 rings (SSSR count). The second kappa shape index (κ2) is 16.2. The molecule has 58 heavy (non-hydrogen) atoms. The van der Waals surface area contributed by atoms with Crippen molar-refractivity contribution in [3.05, 3.63) is 129 Å². The molecule has 6 atom stereocenters. The number of ether oxygens (including phenoxy) is 2. The zero-order chi connectivity index (χ0) is 40.7. The van der Waals surface area contributed by atoms with Crippen molar-refractivity contribution in [1.29, 1.82) is 0 Å². The van der Waals surface area contributed by atoms with Crippen molar-refractivity contribution >= 4 is 35.2 Å². The summed E-state index contributed by atoms with van der Waals surface area (Å²) in [5.74, 6) is 2.93. The number of nitrogens with one attached hydrogen (secondary N) is 2. The number of benzene rings is 4. The van der Waals surface area contributed by atoms with Gasteiger partial charge in [-0.2, -0.15) is 0 Å². The molecule has 2 saturated carbocycles. The van der Waals surface area contributed by atoms with Crippen LogP contribution in [0.25, 0.3) is 0 Å². The number of alkyl halides is 1. The summed E-state index contributed by atoms with van der Waals surface area (Å²) in [4.78, 5) is 56.9. The van der Waals surface area contributed by atoms with Crippen LogP contribution in [0.4, 0.5) is 0 Å². The molecule has 298 valence electrons. The van der Waals surface area contributed by atoms with Crippen molar-refractivity contribution in [2.75, 3.05) is 20.1 Å². The van der Waals surface area contributed by atoms with Crippen LogP contribution in [0.3, 0.4) is 0 Å². The lowest BCUT2D eigenvalue weighted by Crippen LogP contribution is -2.48. The Morgan fingerprint density at radius 3 is 1.81 bits per heavy atom. The first kappa shape index (κ1) is 39.1. The second-order valence-corrected chi connectivity index (χ2v) is 16.2.